The van der Waals surface area contributed by atoms with Crippen molar-refractivity contribution in [2.75, 3.05) is 33.3 Å². The number of aliphatic hydroxyl groups is 1. The van der Waals surface area contributed by atoms with Crippen LogP contribution < -0.4 is 19.1 Å². The summed E-state index contributed by atoms with van der Waals surface area (Å²) >= 11 is 0.904. The van der Waals surface area contributed by atoms with Gasteiger partial charge in [-0.05, 0) is 37.3 Å². The minimum absolute atomic E-state index is 0.0829. The second-order valence-corrected chi connectivity index (χ2v) is 8.89. The predicted molar refractivity (Wildman–Crippen MR) is 136 cm³/mol. The van der Waals surface area contributed by atoms with Gasteiger partial charge in [-0.15, -0.1) is 0 Å². The van der Waals surface area contributed by atoms with Crippen LogP contribution in [-0.2, 0) is 14.3 Å². The molecule has 1 aliphatic heterocycles. The number of ketones is 1. The van der Waals surface area contributed by atoms with Crippen LogP contribution in [0.2, 0.25) is 0 Å². The van der Waals surface area contributed by atoms with Crippen LogP contribution in [0.4, 0.5) is 5.13 Å². The summed E-state index contributed by atoms with van der Waals surface area (Å²) in [7, 11) is 5.64. The first-order valence-electron chi connectivity index (χ1n) is 11.0. The molecular formula is C26H24N2O8S. The smallest absolute Gasteiger partial charge is 0.350 e. The molecule has 1 N–H and O–H groups in total. The minimum Gasteiger partial charge on any atom is -0.507 e. The van der Waals surface area contributed by atoms with Gasteiger partial charge in [-0.3, -0.25) is 14.5 Å². The van der Waals surface area contributed by atoms with Gasteiger partial charge in [0.1, 0.15) is 33.9 Å². The summed E-state index contributed by atoms with van der Waals surface area (Å²) in [6, 6.07) is 10.2. The monoisotopic (exact) mass is 524 g/mol. The zero-order valence-corrected chi connectivity index (χ0v) is 21.5. The van der Waals surface area contributed by atoms with Crippen molar-refractivity contribution in [2.45, 2.75) is 13.0 Å². The van der Waals surface area contributed by atoms with Gasteiger partial charge in [-0.2, -0.15) is 0 Å². The standard InChI is InChI=1S/C26H24N2O8S/c1-13-23(25(32)36-5)37-26(27-13)28-20(17-12-16(34-3)9-10-18(17)35-4)19(22(30)24(28)31)21(29)14-7-6-8-15(11-14)33-2/h6-12,20,29H,1-5H3. The van der Waals surface area contributed by atoms with E-state index in [0.29, 0.717) is 28.5 Å². The summed E-state index contributed by atoms with van der Waals surface area (Å²) < 4.78 is 21.0. The van der Waals surface area contributed by atoms with Crippen LogP contribution >= 0.6 is 11.3 Å². The summed E-state index contributed by atoms with van der Waals surface area (Å²) in [6.07, 6.45) is 0. The number of Topliss-reactive ketones (excluding diaryl/α,β-unsaturated/α-hetero) is 1. The Morgan fingerprint density at radius 3 is 2.35 bits per heavy atom. The summed E-state index contributed by atoms with van der Waals surface area (Å²) in [5.41, 5.74) is 0.794. The molecule has 1 aromatic heterocycles. The Hall–Kier alpha value is -4.38. The lowest BCUT2D eigenvalue weighted by atomic mass is 9.94. The summed E-state index contributed by atoms with van der Waals surface area (Å²) in [4.78, 5) is 44.9. The Bertz CT molecular complexity index is 1430. The fourth-order valence-electron chi connectivity index (χ4n) is 4.07. The molecule has 192 valence electrons. The van der Waals surface area contributed by atoms with Gasteiger partial charge in [0, 0.05) is 11.1 Å². The number of amides is 1. The van der Waals surface area contributed by atoms with E-state index in [-0.39, 0.29) is 21.1 Å². The van der Waals surface area contributed by atoms with Gasteiger partial charge < -0.3 is 24.1 Å². The van der Waals surface area contributed by atoms with Crippen LogP contribution in [-0.4, -0.2) is 56.2 Å². The number of thiazole rings is 1. The Labute approximate surface area is 216 Å². The van der Waals surface area contributed by atoms with E-state index in [0.717, 1.165) is 16.2 Å². The number of ether oxygens (including phenoxy) is 4. The van der Waals surface area contributed by atoms with E-state index < -0.39 is 29.5 Å². The number of hydrogen-bond donors (Lipinski definition) is 1. The van der Waals surface area contributed by atoms with Crippen LogP contribution in [0.25, 0.3) is 5.76 Å². The molecule has 1 unspecified atom stereocenters. The molecule has 2 heterocycles. The molecule has 11 heteroatoms. The zero-order valence-electron chi connectivity index (χ0n) is 20.7. The third-order valence-corrected chi connectivity index (χ3v) is 7.02. The van der Waals surface area contributed by atoms with E-state index >= 15 is 0 Å². The first-order valence-corrected chi connectivity index (χ1v) is 11.8. The Balaban J connectivity index is 2.01. The molecule has 1 saturated heterocycles. The van der Waals surface area contributed by atoms with Crippen LogP contribution in [0.3, 0.4) is 0 Å². The van der Waals surface area contributed by atoms with Gasteiger partial charge in [-0.25, -0.2) is 9.78 Å². The van der Waals surface area contributed by atoms with Gasteiger partial charge in [0.25, 0.3) is 5.78 Å². The molecule has 1 fully saturated rings. The molecule has 1 amide bonds. The fourth-order valence-corrected chi connectivity index (χ4v) is 5.08. The fraction of sp³-hybridized carbons (Fsp3) is 0.231. The SMILES string of the molecule is COC(=O)c1sc(N2C(=O)C(=O)C(=C(O)c3cccc(OC)c3)C2c2cc(OC)ccc2OC)nc1C. The summed E-state index contributed by atoms with van der Waals surface area (Å²) in [6.45, 7) is 1.60. The molecule has 0 aliphatic carbocycles. The first kappa shape index (κ1) is 25.7. The number of carbonyl (C=O) groups excluding carboxylic acids is 3. The molecule has 2 aromatic carbocycles. The largest absolute Gasteiger partial charge is 0.507 e. The topological polar surface area (TPSA) is 124 Å². The zero-order chi connectivity index (χ0) is 26.9. The normalized spacial score (nSPS) is 16.6. The number of aromatic nitrogens is 1. The van der Waals surface area contributed by atoms with E-state index in [4.69, 9.17) is 18.9 Å². The molecule has 0 saturated carbocycles. The molecule has 1 aliphatic rings. The number of rotatable bonds is 7. The average Bonchev–Trinajstić information content (AvgIpc) is 3.43. The molecule has 10 nitrogen and oxygen atoms in total. The molecule has 3 aromatic rings. The summed E-state index contributed by atoms with van der Waals surface area (Å²) in [5.74, 6) is -1.65. The lowest BCUT2D eigenvalue weighted by molar-refractivity contribution is -0.132. The maximum atomic E-state index is 13.5. The van der Waals surface area contributed by atoms with Gasteiger partial charge in [-0.1, -0.05) is 23.5 Å². The van der Waals surface area contributed by atoms with E-state index in [9.17, 15) is 19.5 Å². The van der Waals surface area contributed by atoms with E-state index in [2.05, 4.69) is 4.98 Å². The molecule has 4 rings (SSSR count). The number of benzene rings is 2. The van der Waals surface area contributed by atoms with Crippen molar-refractivity contribution in [1.82, 2.24) is 4.98 Å². The number of anilines is 1. The quantitative estimate of drug-likeness (QED) is 0.212. The molecule has 0 spiro atoms. The van der Waals surface area contributed by atoms with Gasteiger partial charge in [0.2, 0.25) is 0 Å². The number of nitrogens with zero attached hydrogens (tertiary/aromatic N) is 2. The van der Waals surface area contributed by atoms with Crippen molar-refractivity contribution in [3.8, 4) is 17.2 Å². The Kier molecular flexibility index (Phi) is 7.16. The maximum absolute atomic E-state index is 13.5. The lowest BCUT2D eigenvalue weighted by Gasteiger charge is -2.25. The van der Waals surface area contributed by atoms with Crippen molar-refractivity contribution in [1.29, 1.82) is 0 Å². The third-order valence-electron chi connectivity index (χ3n) is 5.88. The highest BCUT2D eigenvalue weighted by Crippen LogP contribution is 2.47. The number of hydrogen-bond acceptors (Lipinski definition) is 10. The van der Waals surface area contributed by atoms with Crippen molar-refractivity contribution in [3.63, 3.8) is 0 Å². The van der Waals surface area contributed by atoms with Gasteiger partial charge in [0.05, 0.1) is 39.7 Å². The van der Waals surface area contributed by atoms with Crippen LogP contribution in [0.5, 0.6) is 17.2 Å². The third kappa shape index (κ3) is 4.49. The van der Waals surface area contributed by atoms with E-state index in [1.165, 1.54) is 28.4 Å². The molecule has 0 bridgehead atoms. The van der Waals surface area contributed by atoms with Crippen molar-refractivity contribution < 1.29 is 38.4 Å². The van der Waals surface area contributed by atoms with E-state index in [1.807, 2.05) is 0 Å². The molecule has 37 heavy (non-hydrogen) atoms. The van der Waals surface area contributed by atoms with Gasteiger partial charge in [0.15, 0.2) is 5.13 Å². The summed E-state index contributed by atoms with van der Waals surface area (Å²) in [5, 5.41) is 11.4. The Morgan fingerprint density at radius 2 is 1.70 bits per heavy atom. The average molecular weight is 525 g/mol. The predicted octanol–water partition coefficient (Wildman–Crippen LogP) is 3.89. The highest BCUT2D eigenvalue weighted by molar-refractivity contribution is 7.17. The second kappa shape index (κ2) is 10.3. The highest BCUT2D eigenvalue weighted by atomic mass is 32.1. The minimum atomic E-state index is -1.15. The highest BCUT2D eigenvalue weighted by Gasteiger charge is 2.49. The second-order valence-electron chi connectivity index (χ2n) is 7.91. The number of esters is 1. The van der Waals surface area contributed by atoms with Crippen molar-refractivity contribution >= 4 is 39.9 Å². The number of methoxy groups -OCH3 is 4. The van der Waals surface area contributed by atoms with Crippen LogP contribution in [0.15, 0.2) is 48.0 Å². The number of aryl methyl sites for hydroxylation is 1. The van der Waals surface area contributed by atoms with Gasteiger partial charge >= 0.3 is 11.9 Å². The van der Waals surface area contributed by atoms with Crippen molar-refractivity contribution in [2.24, 2.45) is 0 Å². The lowest BCUT2D eigenvalue weighted by Crippen LogP contribution is -2.29. The maximum Gasteiger partial charge on any atom is 0.350 e. The number of aliphatic hydroxyl groups excluding tert-OH is 1. The molecule has 0 radical (unpaired) electrons. The Morgan fingerprint density at radius 1 is 1.00 bits per heavy atom. The number of carbonyl (C=O) groups is 3. The molecule has 1 atom stereocenters. The van der Waals surface area contributed by atoms with Crippen molar-refractivity contribution in [3.05, 3.63) is 69.7 Å². The van der Waals surface area contributed by atoms with E-state index in [1.54, 1.807) is 49.4 Å². The molecular weight excluding hydrogens is 500 g/mol. The van der Waals surface area contributed by atoms with Crippen LogP contribution in [0.1, 0.15) is 32.5 Å². The first-order chi connectivity index (χ1) is 17.7. The van der Waals surface area contributed by atoms with Crippen LogP contribution in [0, 0.1) is 6.92 Å².